The highest BCUT2D eigenvalue weighted by atomic mass is 32.3. The van der Waals surface area contributed by atoms with Gasteiger partial charge in [-0.3, -0.25) is 4.79 Å². The molecular weight excluding hydrogens is 327 g/mol. The fourth-order valence-corrected chi connectivity index (χ4v) is 3.14. The van der Waals surface area contributed by atoms with Gasteiger partial charge >= 0.3 is 16.2 Å². The fraction of sp³-hybridized carbons (Fsp3) is 0.333. The number of anilines is 1. The van der Waals surface area contributed by atoms with Crippen molar-refractivity contribution in [1.29, 1.82) is 0 Å². The van der Waals surface area contributed by atoms with E-state index >= 15 is 0 Å². The van der Waals surface area contributed by atoms with Gasteiger partial charge in [-0.25, -0.2) is 13.6 Å². The van der Waals surface area contributed by atoms with Crippen molar-refractivity contribution >= 4 is 27.8 Å². The second kappa shape index (κ2) is 5.59. The predicted octanol–water partition coefficient (Wildman–Crippen LogP) is 1.32. The molecule has 0 spiro atoms. The number of carbonyl (C=O) groups excluding carboxylic acids is 1. The summed E-state index contributed by atoms with van der Waals surface area (Å²) >= 11 is 0. The summed E-state index contributed by atoms with van der Waals surface area (Å²) in [6, 6.07) is 1.57. The van der Waals surface area contributed by atoms with Gasteiger partial charge in [0.1, 0.15) is 11.4 Å². The summed E-state index contributed by atoms with van der Waals surface area (Å²) in [5, 5.41) is 8.77. The van der Waals surface area contributed by atoms with Crippen LogP contribution in [-0.4, -0.2) is 37.7 Å². The Morgan fingerprint density at radius 3 is 2.55 bits per heavy atom. The first-order chi connectivity index (χ1) is 10.1. The molecule has 0 bridgehead atoms. The third-order valence-electron chi connectivity index (χ3n) is 3.22. The number of amides is 1. The van der Waals surface area contributed by atoms with Gasteiger partial charge in [-0.2, -0.15) is 8.42 Å². The number of nitrogens with zero attached hydrogens (tertiary/aromatic N) is 1. The number of benzene rings is 1. The molecule has 10 heteroatoms. The van der Waals surface area contributed by atoms with E-state index in [1.807, 2.05) is 0 Å². The molecule has 1 heterocycles. The minimum atomic E-state index is -4.80. The van der Waals surface area contributed by atoms with Gasteiger partial charge in [-0.1, -0.05) is 0 Å². The minimum Gasteiger partial charge on any atom is -0.477 e. The van der Waals surface area contributed by atoms with E-state index in [0.717, 1.165) is 11.0 Å². The van der Waals surface area contributed by atoms with Crippen molar-refractivity contribution in [3.63, 3.8) is 0 Å². The Bertz CT molecular complexity index is 749. The highest BCUT2D eigenvalue weighted by molar-refractivity contribution is 7.86. The Labute approximate surface area is 123 Å². The van der Waals surface area contributed by atoms with Crippen LogP contribution in [0.15, 0.2) is 12.1 Å². The zero-order chi connectivity index (χ0) is 16.7. The monoisotopic (exact) mass is 337 g/mol. The van der Waals surface area contributed by atoms with E-state index in [-0.39, 0.29) is 13.0 Å². The molecule has 120 valence electrons. The van der Waals surface area contributed by atoms with Crippen molar-refractivity contribution in [2.45, 2.75) is 6.42 Å². The van der Waals surface area contributed by atoms with Crippen LogP contribution in [0.25, 0.3) is 0 Å². The van der Waals surface area contributed by atoms with Gasteiger partial charge in [-0.15, -0.1) is 3.89 Å². The summed E-state index contributed by atoms with van der Waals surface area (Å²) in [7, 11) is -4.80. The van der Waals surface area contributed by atoms with Crippen molar-refractivity contribution in [1.82, 2.24) is 0 Å². The average Bonchev–Trinajstić information content (AvgIpc) is 2.67. The molecule has 0 aromatic heterocycles. The van der Waals surface area contributed by atoms with Crippen LogP contribution in [0.5, 0.6) is 0 Å². The van der Waals surface area contributed by atoms with Gasteiger partial charge in [0, 0.05) is 18.9 Å². The lowest BCUT2D eigenvalue weighted by atomic mass is 10.1. The number of aromatic carboxylic acids is 1. The summed E-state index contributed by atoms with van der Waals surface area (Å²) in [6.45, 7) is -0.302. The maximum atomic E-state index is 14.1. The van der Waals surface area contributed by atoms with Crippen LogP contribution in [0.4, 0.5) is 18.4 Å². The molecule has 22 heavy (non-hydrogen) atoms. The third kappa shape index (κ3) is 3.21. The minimum absolute atomic E-state index is 0.302. The van der Waals surface area contributed by atoms with Crippen molar-refractivity contribution in [3.05, 3.63) is 29.3 Å². The van der Waals surface area contributed by atoms with Gasteiger partial charge in [0.05, 0.1) is 11.4 Å². The molecule has 1 fully saturated rings. The number of halogens is 3. The number of carboxylic acids is 1. The Balaban J connectivity index is 2.35. The van der Waals surface area contributed by atoms with E-state index in [0.29, 0.717) is 6.07 Å². The molecule has 1 saturated heterocycles. The van der Waals surface area contributed by atoms with E-state index < -0.39 is 56.7 Å². The normalized spacial score (nSPS) is 18.8. The molecule has 1 aliphatic rings. The lowest BCUT2D eigenvalue weighted by Crippen LogP contribution is -2.27. The Morgan fingerprint density at radius 2 is 2.00 bits per heavy atom. The molecule has 0 radical (unpaired) electrons. The van der Waals surface area contributed by atoms with E-state index in [2.05, 4.69) is 0 Å². The van der Waals surface area contributed by atoms with Crippen LogP contribution in [-0.2, 0) is 15.0 Å². The van der Waals surface area contributed by atoms with Gasteiger partial charge in [0.25, 0.3) is 0 Å². The van der Waals surface area contributed by atoms with E-state index in [1.165, 1.54) is 0 Å². The van der Waals surface area contributed by atoms with Crippen molar-refractivity contribution in [2.75, 3.05) is 17.2 Å². The van der Waals surface area contributed by atoms with Gasteiger partial charge in [0.2, 0.25) is 5.91 Å². The zero-order valence-electron chi connectivity index (χ0n) is 10.9. The van der Waals surface area contributed by atoms with E-state index in [1.54, 1.807) is 0 Å². The molecule has 1 aliphatic heterocycles. The van der Waals surface area contributed by atoms with Gasteiger partial charge in [-0.05, 0) is 12.1 Å². The lowest BCUT2D eigenvalue weighted by Gasteiger charge is -2.18. The first-order valence-corrected chi connectivity index (χ1v) is 7.59. The third-order valence-corrected chi connectivity index (χ3v) is 4.08. The summed E-state index contributed by atoms with van der Waals surface area (Å²) in [4.78, 5) is 23.4. The van der Waals surface area contributed by atoms with Crippen molar-refractivity contribution in [3.8, 4) is 0 Å². The van der Waals surface area contributed by atoms with Crippen LogP contribution in [0.2, 0.25) is 0 Å². The Kier molecular flexibility index (Phi) is 4.14. The summed E-state index contributed by atoms with van der Waals surface area (Å²) < 4.78 is 61.2. The number of rotatable bonds is 4. The fourth-order valence-electron chi connectivity index (χ4n) is 2.35. The summed E-state index contributed by atoms with van der Waals surface area (Å²) in [5.74, 6) is -7.07. The SMILES string of the molecule is O=C(O)c1c(F)ccc(N2CC(CS(=O)(=O)F)CC2=O)c1F. The largest absolute Gasteiger partial charge is 0.477 e. The number of carbonyl (C=O) groups is 2. The van der Waals surface area contributed by atoms with Crippen molar-refractivity contribution in [2.24, 2.45) is 5.92 Å². The van der Waals surface area contributed by atoms with E-state index in [4.69, 9.17) is 5.11 Å². The van der Waals surface area contributed by atoms with Gasteiger partial charge < -0.3 is 10.0 Å². The highest BCUT2D eigenvalue weighted by Gasteiger charge is 2.36. The second-order valence-corrected chi connectivity index (χ2v) is 6.25. The maximum absolute atomic E-state index is 14.1. The Morgan fingerprint density at radius 1 is 1.36 bits per heavy atom. The molecule has 6 nitrogen and oxygen atoms in total. The second-order valence-electron chi connectivity index (χ2n) is 4.84. The van der Waals surface area contributed by atoms with Crippen LogP contribution >= 0.6 is 0 Å². The van der Waals surface area contributed by atoms with Crippen molar-refractivity contribution < 1.29 is 35.8 Å². The molecule has 1 N–H and O–H groups in total. The maximum Gasteiger partial charge on any atom is 0.341 e. The van der Waals surface area contributed by atoms with Crippen LogP contribution in [0, 0.1) is 17.6 Å². The zero-order valence-corrected chi connectivity index (χ0v) is 11.7. The van der Waals surface area contributed by atoms with Crippen LogP contribution in [0.1, 0.15) is 16.8 Å². The molecular formula is C12H10F3NO5S. The Hall–Kier alpha value is -2.10. The number of carboxylic acid groups (broad SMARTS) is 1. The first kappa shape index (κ1) is 16.3. The standard InChI is InChI=1S/C12H10F3NO5S/c13-7-1-2-8(11(14)10(7)12(18)19)16-4-6(3-9(16)17)5-22(15,20)21/h1-2,6H,3-5H2,(H,18,19). The molecule has 1 aromatic rings. The van der Waals surface area contributed by atoms with Gasteiger partial charge in [0.15, 0.2) is 5.82 Å². The van der Waals surface area contributed by atoms with E-state index in [9.17, 15) is 30.7 Å². The van der Waals surface area contributed by atoms with Crippen LogP contribution < -0.4 is 4.90 Å². The molecule has 1 aromatic carbocycles. The number of hydrogen-bond donors (Lipinski definition) is 1. The van der Waals surface area contributed by atoms with Crippen LogP contribution in [0.3, 0.4) is 0 Å². The summed E-state index contributed by atoms with van der Waals surface area (Å²) in [6.07, 6.45) is -0.331. The predicted molar refractivity (Wildman–Crippen MR) is 68.7 cm³/mol. The lowest BCUT2D eigenvalue weighted by molar-refractivity contribution is -0.117. The smallest absolute Gasteiger partial charge is 0.341 e. The molecule has 0 saturated carbocycles. The number of hydrogen-bond acceptors (Lipinski definition) is 4. The summed E-state index contributed by atoms with van der Waals surface area (Å²) in [5.41, 5.74) is -1.70. The molecule has 0 aliphatic carbocycles. The molecule has 1 atom stereocenters. The molecule has 1 unspecified atom stereocenters. The average molecular weight is 337 g/mol. The highest BCUT2D eigenvalue weighted by Crippen LogP contribution is 2.30. The molecule has 2 rings (SSSR count). The first-order valence-electron chi connectivity index (χ1n) is 6.04. The topological polar surface area (TPSA) is 91.8 Å². The molecule has 1 amide bonds. The quantitative estimate of drug-likeness (QED) is 0.837.